The van der Waals surface area contributed by atoms with Crippen molar-refractivity contribution in [2.75, 3.05) is 32.7 Å². The third-order valence-corrected chi connectivity index (χ3v) is 6.99. The fourth-order valence-corrected chi connectivity index (χ4v) is 5.13. The Morgan fingerprint density at radius 3 is 2.50 bits per heavy atom. The van der Waals surface area contributed by atoms with Crippen LogP contribution in [0, 0.1) is 23.2 Å². The fraction of sp³-hybridized carbons (Fsp3) is 0.792. The van der Waals surface area contributed by atoms with E-state index in [0.29, 0.717) is 11.8 Å². The van der Waals surface area contributed by atoms with E-state index in [4.69, 9.17) is 11.6 Å². The predicted molar refractivity (Wildman–Crippen MR) is 128 cm³/mol. The van der Waals surface area contributed by atoms with Crippen molar-refractivity contribution in [1.29, 1.82) is 0 Å². The van der Waals surface area contributed by atoms with Gasteiger partial charge in [-0.1, -0.05) is 53.3 Å². The number of hydrogen-bond acceptors (Lipinski definition) is 2. The smallest absolute Gasteiger partial charge is 0.227 e. The number of carbonyl (C=O) groups excluding carboxylic acids is 1. The molecule has 3 rings (SSSR count). The van der Waals surface area contributed by atoms with E-state index in [1.54, 1.807) is 0 Å². The van der Waals surface area contributed by atoms with Gasteiger partial charge in [0.05, 0.1) is 11.3 Å². The highest BCUT2D eigenvalue weighted by Crippen LogP contribution is 2.42. The molecule has 0 aromatic rings. The number of hydrogen-bond donors (Lipinski definition) is 0. The van der Waals surface area contributed by atoms with E-state index in [1.807, 2.05) is 0 Å². The minimum absolute atomic E-state index is 0. The van der Waals surface area contributed by atoms with Gasteiger partial charge in [-0.25, -0.2) is 0 Å². The van der Waals surface area contributed by atoms with Gasteiger partial charge in [-0.05, 0) is 61.6 Å². The highest BCUT2D eigenvalue weighted by atomic mass is 35.5. The van der Waals surface area contributed by atoms with Crippen molar-refractivity contribution >= 4 is 17.5 Å². The molecule has 2 saturated heterocycles. The molecule has 2 aliphatic heterocycles. The van der Waals surface area contributed by atoms with Gasteiger partial charge >= 0.3 is 0 Å². The normalized spacial score (nSPS) is 28.3. The monoisotopic (exact) mass is 444 g/mol. The topological polar surface area (TPSA) is 86.6 Å². The largest absolute Gasteiger partial charge is 0.412 e. The van der Waals surface area contributed by atoms with E-state index >= 15 is 0 Å². The molecule has 3 aliphatic rings. The van der Waals surface area contributed by atoms with E-state index in [2.05, 4.69) is 55.7 Å². The van der Waals surface area contributed by atoms with Crippen LogP contribution < -0.4 is 0 Å². The number of amides is 1. The zero-order valence-corrected chi connectivity index (χ0v) is 19.3. The molecule has 2 heterocycles. The van der Waals surface area contributed by atoms with Gasteiger partial charge in [-0.3, -0.25) is 4.79 Å². The summed E-state index contributed by atoms with van der Waals surface area (Å²) in [4.78, 5) is 17.8. The number of nitrogens with zero attached hydrogens (tertiary/aromatic N) is 2. The molecule has 0 aromatic carbocycles. The second kappa shape index (κ2) is 12.2. The first kappa shape index (κ1) is 29.1. The van der Waals surface area contributed by atoms with Gasteiger partial charge in [-0.15, -0.1) is 11.6 Å². The lowest BCUT2D eigenvalue weighted by atomic mass is 9.69. The predicted octanol–water partition coefficient (Wildman–Crippen LogP) is 3.71. The Morgan fingerprint density at radius 2 is 1.93 bits per heavy atom. The minimum Gasteiger partial charge on any atom is -0.412 e. The van der Waals surface area contributed by atoms with Crippen LogP contribution in [0.2, 0.25) is 0 Å². The molecule has 6 heteroatoms. The van der Waals surface area contributed by atoms with E-state index in [1.165, 1.54) is 12.0 Å². The summed E-state index contributed by atoms with van der Waals surface area (Å²) in [5.41, 5.74) is 1.53. The van der Waals surface area contributed by atoms with Crippen molar-refractivity contribution in [3.05, 3.63) is 23.8 Å². The maximum atomic E-state index is 13.2. The molecule has 0 aromatic heterocycles. The van der Waals surface area contributed by atoms with Crippen LogP contribution in [0.5, 0.6) is 0 Å². The molecule has 2 fully saturated rings. The average molecular weight is 445 g/mol. The summed E-state index contributed by atoms with van der Waals surface area (Å²) in [5.74, 6) is 1.85. The molecular weight excluding hydrogens is 400 g/mol. The fourth-order valence-electron chi connectivity index (χ4n) is 4.97. The summed E-state index contributed by atoms with van der Waals surface area (Å²) in [5, 5.41) is 0.138. The van der Waals surface area contributed by atoms with E-state index in [-0.39, 0.29) is 35.1 Å². The van der Waals surface area contributed by atoms with Crippen molar-refractivity contribution < 1.29 is 15.7 Å². The summed E-state index contributed by atoms with van der Waals surface area (Å²) in [7, 11) is 0. The number of alkyl halides is 1. The number of carbonyl (C=O) groups is 1. The van der Waals surface area contributed by atoms with Crippen molar-refractivity contribution in [1.82, 2.24) is 9.80 Å². The molecule has 0 bridgehead atoms. The van der Waals surface area contributed by atoms with Crippen LogP contribution in [0.4, 0.5) is 0 Å². The highest BCUT2D eigenvalue weighted by molar-refractivity contribution is 6.22. The summed E-state index contributed by atoms with van der Waals surface area (Å²) in [6, 6.07) is 0. The molecule has 1 aliphatic carbocycles. The number of likely N-dealkylation sites (tertiary alicyclic amines) is 2. The lowest BCUT2D eigenvalue weighted by molar-refractivity contribution is -0.139. The quantitative estimate of drug-likeness (QED) is 0.605. The molecule has 4 N–H and O–H groups in total. The second-order valence-corrected chi connectivity index (χ2v) is 10.4. The summed E-state index contributed by atoms with van der Waals surface area (Å²) in [6.45, 7) is 14.1. The lowest BCUT2D eigenvalue weighted by Crippen LogP contribution is -2.50. The van der Waals surface area contributed by atoms with E-state index in [0.717, 1.165) is 57.9 Å². The van der Waals surface area contributed by atoms with Crippen LogP contribution in [0.15, 0.2) is 23.8 Å². The lowest BCUT2D eigenvalue weighted by Gasteiger charge is -2.46. The zero-order valence-electron chi connectivity index (χ0n) is 18.6. The Hall–Kier alpha value is -0.880. The molecular formula is C24H45ClN2O3. The van der Waals surface area contributed by atoms with Gasteiger partial charge in [0.1, 0.15) is 0 Å². The Labute approximate surface area is 189 Å². The molecule has 3 atom stereocenters. The number of rotatable bonds is 5. The summed E-state index contributed by atoms with van der Waals surface area (Å²) >= 11 is 6.19. The van der Waals surface area contributed by atoms with Crippen LogP contribution in [-0.4, -0.2) is 64.8 Å². The molecule has 0 radical (unpaired) electrons. The highest BCUT2D eigenvalue weighted by Gasteiger charge is 2.41. The Kier molecular flexibility index (Phi) is 11.9. The van der Waals surface area contributed by atoms with E-state index < -0.39 is 0 Å². The van der Waals surface area contributed by atoms with Crippen LogP contribution in [0.3, 0.4) is 0 Å². The molecule has 0 saturated carbocycles. The van der Waals surface area contributed by atoms with Gasteiger partial charge in [-0.2, -0.15) is 0 Å². The van der Waals surface area contributed by atoms with Crippen LogP contribution >= 0.6 is 11.6 Å². The number of allylic oxidation sites excluding steroid dienone is 4. The van der Waals surface area contributed by atoms with Crippen molar-refractivity contribution in [2.45, 2.75) is 66.2 Å². The SMILES string of the molecule is C.CC(C)CCN1CCC(C(=O)N2CCC(C3=CCC(Cl)C=C3)C(C)(C)C2)C1.O.O. The molecule has 3 unspecified atom stereocenters. The first-order valence-corrected chi connectivity index (χ1v) is 11.2. The first-order valence-electron chi connectivity index (χ1n) is 10.8. The van der Waals surface area contributed by atoms with Crippen molar-refractivity contribution in [3.8, 4) is 0 Å². The summed E-state index contributed by atoms with van der Waals surface area (Å²) in [6.07, 6.45) is 10.9. The van der Waals surface area contributed by atoms with Crippen LogP contribution in [0.1, 0.15) is 60.8 Å². The maximum absolute atomic E-state index is 13.2. The first-order chi connectivity index (χ1) is 12.8. The molecule has 30 heavy (non-hydrogen) atoms. The molecule has 0 spiro atoms. The molecule has 176 valence electrons. The van der Waals surface area contributed by atoms with Gasteiger partial charge in [0.2, 0.25) is 5.91 Å². The van der Waals surface area contributed by atoms with Crippen LogP contribution in [-0.2, 0) is 4.79 Å². The molecule has 1 amide bonds. The Morgan fingerprint density at radius 1 is 1.23 bits per heavy atom. The maximum Gasteiger partial charge on any atom is 0.227 e. The van der Waals surface area contributed by atoms with Crippen molar-refractivity contribution in [3.63, 3.8) is 0 Å². The Bertz CT molecular complexity index is 603. The number of piperidine rings is 1. The zero-order chi connectivity index (χ0) is 19.6. The van der Waals surface area contributed by atoms with Crippen LogP contribution in [0.25, 0.3) is 0 Å². The van der Waals surface area contributed by atoms with Gasteiger partial charge in [0.25, 0.3) is 0 Å². The van der Waals surface area contributed by atoms with Gasteiger partial charge in [0.15, 0.2) is 0 Å². The van der Waals surface area contributed by atoms with Gasteiger partial charge in [0, 0.05) is 19.6 Å². The second-order valence-electron chi connectivity index (χ2n) is 9.87. The van der Waals surface area contributed by atoms with E-state index in [9.17, 15) is 4.79 Å². The van der Waals surface area contributed by atoms with Crippen molar-refractivity contribution in [2.24, 2.45) is 23.2 Å². The minimum atomic E-state index is 0. The van der Waals surface area contributed by atoms with Gasteiger partial charge < -0.3 is 20.8 Å². The Balaban J connectivity index is 0.00000280. The standard InChI is InChI=1S/C23H37ClN2O.CH4.2H2O/c1-17(2)9-12-25-13-10-19(15-25)22(27)26-14-11-21(23(3,4)16-26)18-5-7-20(24)8-6-18;;;/h5-7,17,19-21H,8-16H2,1-4H3;1H4;2*1H2. The average Bonchev–Trinajstić information content (AvgIpc) is 3.08. The number of halogens is 1. The molecule has 5 nitrogen and oxygen atoms in total. The summed E-state index contributed by atoms with van der Waals surface area (Å²) < 4.78 is 0. The third-order valence-electron chi connectivity index (χ3n) is 6.66. The third kappa shape index (κ3) is 7.08.